The lowest BCUT2D eigenvalue weighted by atomic mass is 9.87. The van der Waals surface area contributed by atoms with E-state index in [1.807, 2.05) is 0 Å². The fraction of sp³-hybridized carbons (Fsp3) is 0.174. The van der Waals surface area contributed by atoms with Crippen LogP contribution in [0.1, 0.15) is 16.7 Å². The van der Waals surface area contributed by atoms with Gasteiger partial charge in [-0.15, -0.1) is 0 Å². The van der Waals surface area contributed by atoms with Crippen LogP contribution in [0.4, 0.5) is 10.1 Å². The van der Waals surface area contributed by atoms with Crippen LogP contribution in [-0.4, -0.2) is 24.9 Å². The van der Waals surface area contributed by atoms with E-state index < -0.39 is 11.5 Å². The summed E-state index contributed by atoms with van der Waals surface area (Å²) in [5, 5.41) is 11.7. The fourth-order valence-electron chi connectivity index (χ4n) is 3.92. The van der Waals surface area contributed by atoms with Crippen molar-refractivity contribution in [2.24, 2.45) is 0 Å². The minimum Gasteiger partial charge on any atom is -0.497 e. The van der Waals surface area contributed by atoms with Crippen molar-refractivity contribution in [3.05, 3.63) is 83.2 Å². The van der Waals surface area contributed by atoms with Crippen LogP contribution in [0, 0.1) is 5.82 Å². The molecular weight excluding hydrogens is 389 g/mol. The van der Waals surface area contributed by atoms with Gasteiger partial charge in [-0.2, -0.15) is 0 Å². The Bertz CT molecular complexity index is 1150. The van der Waals surface area contributed by atoms with Crippen molar-refractivity contribution in [1.29, 1.82) is 0 Å². The second kappa shape index (κ2) is 6.74. The Labute approximate surface area is 172 Å². The number of amides is 1. The highest BCUT2D eigenvalue weighted by atomic mass is 19.1. The van der Waals surface area contributed by atoms with Gasteiger partial charge in [0.25, 0.3) is 5.91 Å². The van der Waals surface area contributed by atoms with Crippen LogP contribution < -0.4 is 19.1 Å². The summed E-state index contributed by atoms with van der Waals surface area (Å²) in [6.07, 6.45) is 0. The third-order valence-corrected chi connectivity index (χ3v) is 5.48. The van der Waals surface area contributed by atoms with Gasteiger partial charge < -0.3 is 24.2 Å². The van der Waals surface area contributed by atoms with Crippen molar-refractivity contribution >= 4 is 11.6 Å². The first-order valence-corrected chi connectivity index (χ1v) is 9.38. The molecular formula is C23H18FNO5. The summed E-state index contributed by atoms with van der Waals surface area (Å²) >= 11 is 0. The first-order chi connectivity index (χ1) is 14.5. The van der Waals surface area contributed by atoms with E-state index in [2.05, 4.69) is 0 Å². The van der Waals surface area contributed by atoms with E-state index in [0.717, 1.165) is 5.56 Å². The highest BCUT2D eigenvalue weighted by Gasteiger charge is 2.51. The first kappa shape index (κ1) is 18.4. The van der Waals surface area contributed by atoms with E-state index in [0.29, 0.717) is 34.1 Å². The largest absolute Gasteiger partial charge is 0.497 e. The zero-order chi connectivity index (χ0) is 20.9. The Morgan fingerprint density at radius 1 is 1.07 bits per heavy atom. The molecule has 7 heteroatoms. The van der Waals surface area contributed by atoms with Gasteiger partial charge >= 0.3 is 0 Å². The van der Waals surface area contributed by atoms with E-state index >= 15 is 0 Å². The molecule has 1 unspecified atom stereocenters. The smallest absolute Gasteiger partial charge is 0.268 e. The van der Waals surface area contributed by atoms with Gasteiger partial charge in [0.05, 0.1) is 19.3 Å². The standard InChI is InChI=1S/C23H18FNO5/c1-28-17-7-8-19-18(11-17)23(27,15-4-9-20-21(10-15)30-13-29-20)22(26)25(19)12-14-2-5-16(24)6-3-14/h2-11,27H,12-13H2,1H3. The van der Waals surface area contributed by atoms with Crippen molar-refractivity contribution in [2.45, 2.75) is 12.1 Å². The summed E-state index contributed by atoms with van der Waals surface area (Å²) in [5.74, 6) is 0.684. The number of anilines is 1. The molecule has 0 fully saturated rings. The molecule has 0 bridgehead atoms. The highest BCUT2D eigenvalue weighted by Crippen LogP contribution is 2.48. The Balaban J connectivity index is 1.63. The van der Waals surface area contributed by atoms with Crippen LogP contribution >= 0.6 is 0 Å². The summed E-state index contributed by atoms with van der Waals surface area (Å²) in [4.78, 5) is 15.0. The van der Waals surface area contributed by atoms with Crippen LogP contribution in [0.3, 0.4) is 0 Å². The maximum atomic E-state index is 13.5. The molecule has 5 rings (SSSR count). The van der Waals surface area contributed by atoms with Crippen molar-refractivity contribution < 1.29 is 28.5 Å². The molecule has 3 aromatic carbocycles. The average Bonchev–Trinajstić information content (AvgIpc) is 3.32. The molecule has 1 atom stereocenters. The number of hydrogen-bond donors (Lipinski definition) is 1. The lowest BCUT2D eigenvalue weighted by molar-refractivity contribution is -0.132. The molecule has 2 aliphatic heterocycles. The number of rotatable bonds is 4. The molecule has 0 aromatic heterocycles. The maximum Gasteiger partial charge on any atom is 0.268 e. The molecule has 0 saturated heterocycles. The molecule has 30 heavy (non-hydrogen) atoms. The summed E-state index contributed by atoms with van der Waals surface area (Å²) in [5.41, 5.74) is 0.151. The fourth-order valence-corrected chi connectivity index (χ4v) is 3.92. The Hall–Kier alpha value is -3.58. The van der Waals surface area contributed by atoms with Crippen molar-refractivity contribution in [2.75, 3.05) is 18.8 Å². The average molecular weight is 407 g/mol. The predicted octanol–water partition coefficient (Wildman–Crippen LogP) is 3.35. The molecule has 2 aliphatic rings. The molecule has 3 aromatic rings. The third kappa shape index (κ3) is 2.70. The van der Waals surface area contributed by atoms with E-state index in [1.165, 1.54) is 24.1 Å². The number of methoxy groups -OCH3 is 1. The van der Waals surface area contributed by atoms with Gasteiger partial charge in [-0.25, -0.2) is 4.39 Å². The van der Waals surface area contributed by atoms with Crippen LogP contribution in [-0.2, 0) is 16.9 Å². The number of ether oxygens (including phenoxy) is 3. The summed E-state index contributed by atoms with van der Waals surface area (Å²) in [6.45, 7) is 0.275. The molecule has 0 radical (unpaired) electrons. The summed E-state index contributed by atoms with van der Waals surface area (Å²) in [7, 11) is 1.52. The number of aliphatic hydroxyl groups is 1. The predicted molar refractivity (Wildman–Crippen MR) is 106 cm³/mol. The second-order valence-electron chi connectivity index (χ2n) is 7.18. The van der Waals surface area contributed by atoms with Gasteiger partial charge in [0.2, 0.25) is 6.79 Å². The van der Waals surface area contributed by atoms with Crippen LogP contribution in [0.25, 0.3) is 0 Å². The minimum absolute atomic E-state index is 0.0895. The minimum atomic E-state index is -1.93. The molecule has 1 N–H and O–H groups in total. The molecule has 1 amide bonds. The number of nitrogens with zero attached hydrogens (tertiary/aromatic N) is 1. The van der Waals surface area contributed by atoms with Gasteiger partial charge in [0, 0.05) is 11.1 Å². The Kier molecular flexibility index (Phi) is 4.15. The Morgan fingerprint density at radius 2 is 1.83 bits per heavy atom. The highest BCUT2D eigenvalue weighted by molar-refractivity contribution is 6.09. The quantitative estimate of drug-likeness (QED) is 0.719. The molecule has 0 aliphatic carbocycles. The summed E-state index contributed by atoms with van der Waals surface area (Å²) in [6, 6.07) is 16.0. The lowest BCUT2D eigenvalue weighted by Gasteiger charge is -2.24. The normalized spacial score (nSPS) is 19.2. The number of halogens is 1. The van der Waals surface area contributed by atoms with Crippen LogP contribution in [0.2, 0.25) is 0 Å². The van der Waals surface area contributed by atoms with Gasteiger partial charge in [-0.05, 0) is 48.0 Å². The lowest BCUT2D eigenvalue weighted by Crippen LogP contribution is -2.40. The topological polar surface area (TPSA) is 68.2 Å². The van der Waals surface area contributed by atoms with E-state index in [4.69, 9.17) is 14.2 Å². The molecule has 152 valence electrons. The van der Waals surface area contributed by atoms with Gasteiger partial charge in [-0.3, -0.25) is 4.79 Å². The van der Waals surface area contributed by atoms with Crippen LogP contribution in [0.5, 0.6) is 17.2 Å². The molecule has 6 nitrogen and oxygen atoms in total. The van der Waals surface area contributed by atoms with Crippen molar-refractivity contribution in [3.8, 4) is 17.2 Å². The van der Waals surface area contributed by atoms with Crippen LogP contribution in [0.15, 0.2) is 60.7 Å². The summed E-state index contributed by atoms with van der Waals surface area (Å²) < 4.78 is 29.4. The van der Waals surface area contributed by atoms with Crippen molar-refractivity contribution in [1.82, 2.24) is 0 Å². The Morgan fingerprint density at radius 3 is 2.60 bits per heavy atom. The van der Waals surface area contributed by atoms with Crippen molar-refractivity contribution in [3.63, 3.8) is 0 Å². The second-order valence-corrected chi connectivity index (χ2v) is 7.18. The molecule has 0 spiro atoms. The maximum absolute atomic E-state index is 13.5. The molecule has 2 heterocycles. The SMILES string of the molecule is COc1ccc2c(c1)C(O)(c1ccc3c(c1)OCO3)C(=O)N2Cc1ccc(F)cc1. The number of hydrogen-bond acceptors (Lipinski definition) is 5. The number of carbonyl (C=O) groups is 1. The van der Waals surface area contributed by atoms with E-state index in [9.17, 15) is 14.3 Å². The van der Waals surface area contributed by atoms with Gasteiger partial charge in [0.1, 0.15) is 11.6 Å². The van der Waals surface area contributed by atoms with Gasteiger partial charge in [0.15, 0.2) is 17.1 Å². The zero-order valence-corrected chi connectivity index (χ0v) is 16.1. The first-order valence-electron chi connectivity index (χ1n) is 9.38. The van der Waals surface area contributed by atoms with E-state index in [1.54, 1.807) is 48.5 Å². The third-order valence-electron chi connectivity index (χ3n) is 5.48. The molecule has 0 saturated carbocycles. The zero-order valence-electron chi connectivity index (χ0n) is 16.1. The number of fused-ring (bicyclic) bond motifs is 2. The number of carbonyl (C=O) groups excluding carboxylic acids is 1. The number of benzene rings is 3. The van der Waals surface area contributed by atoms with Gasteiger partial charge in [-0.1, -0.05) is 18.2 Å². The van der Waals surface area contributed by atoms with E-state index in [-0.39, 0.29) is 19.2 Å². The monoisotopic (exact) mass is 407 g/mol.